The Morgan fingerprint density at radius 1 is 1.33 bits per heavy atom. The van der Waals surface area contributed by atoms with Crippen molar-refractivity contribution in [3.05, 3.63) is 0 Å². The van der Waals surface area contributed by atoms with E-state index in [4.69, 9.17) is 16.3 Å². The summed E-state index contributed by atoms with van der Waals surface area (Å²) in [5.41, 5.74) is 0. The Labute approximate surface area is 98.9 Å². The van der Waals surface area contributed by atoms with Crippen LogP contribution in [0.5, 0.6) is 0 Å². The van der Waals surface area contributed by atoms with Crippen LogP contribution >= 0.6 is 11.6 Å². The average molecular weight is 234 g/mol. The van der Waals surface area contributed by atoms with Gasteiger partial charge in [0.05, 0.1) is 6.10 Å². The van der Waals surface area contributed by atoms with E-state index in [0.717, 1.165) is 25.6 Å². The molecular formula is C12H24ClNO. The standard InChI is InChI=1S/C12H24ClNO/c1-2-3-8-14(9-7-13)11-12-6-4-5-10-15-12/h12H,2-11H2,1H3. The van der Waals surface area contributed by atoms with Crippen molar-refractivity contribution in [3.63, 3.8) is 0 Å². The van der Waals surface area contributed by atoms with Crippen molar-refractivity contribution in [2.45, 2.75) is 45.1 Å². The molecule has 1 aliphatic rings. The van der Waals surface area contributed by atoms with Crippen molar-refractivity contribution < 1.29 is 4.74 Å². The van der Waals surface area contributed by atoms with Crippen LogP contribution in [0.2, 0.25) is 0 Å². The molecule has 0 spiro atoms. The highest BCUT2D eigenvalue weighted by atomic mass is 35.5. The van der Waals surface area contributed by atoms with Gasteiger partial charge in [-0.25, -0.2) is 0 Å². The Morgan fingerprint density at radius 3 is 2.80 bits per heavy atom. The van der Waals surface area contributed by atoms with E-state index in [1.807, 2.05) is 0 Å². The molecule has 3 heteroatoms. The van der Waals surface area contributed by atoms with Gasteiger partial charge < -0.3 is 4.74 Å². The minimum Gasteiger partial charge on any atom is -0.377 e. The third-order valence-electron chi connectivity index (χ3n) is 2.96. The summed E-state index contributed by atoms with van der Waals surface area (Å²) in [5, 5.41) is 0. The van der Waals surface area contributed by atoms with E-state index < -0.39 is 0 Å². The van der Waals surface area contributed by atoms with Crippen LogP contribution in [0, 0.1) is 0 Å². The van der Waals surface area contributed by atoms with E-state index in [2.05, 4.69) is 11.8 Å². The zero-order chi connectivity index (χ0) is 10.9. The van der Waals surface area contributed by atoms with Crippen LogP contribution in [-0.4, -0.2) is 43.1 Å². The minimum atomic E-state index is 0.457. The van der Waals surface area contributed by atoms with Crippen LogP contribution in [0.4, 0.5) is 0 Å². The molecule has 2 nitrogen and oxygen atoms in total. The van der Waals surface area contributed by atoms with Gasteiger partial charge in [-0.15, -0.1) is 11.6 Å². The van der Waals surface area contributed by atoms with E-state index in [9.17, 15) is 0 Å². The number of nitrogens with zero attached hydrogens (tertiary/aromatic N) is 1. The lowest BCUT2D eigenvalue weighted by molar-refractivity contribution is -0.00487. The number of alkyl halides is 1. The molecule has 1 fully saturated rings. The number of unbranched alkanes of at least 4 members (excludes halogenated alkanes) is 1. The summed E-state index contributed by atoms with van der Waals surface area (Å²) < 4.78 is 5.75. The molecule has 0 N–H and O–H groups in total. The zero-order valence-electron chi connectivity index (χ0n) is 9.88. The van der Waals surface area contributed by atoms with Gasteiger partial charge in [0.15, 0.2) is 0 Å². The Hall–Kier alpha value is 0.210. The predicted octanol–water partition coefficient (Wildman–Crippen LogP) is 2.90. The van der Waals surface area contributed by atoms with Gasteiger partial charge in [-0.1, -0.05) is 13.3 Å². The van der Waals surface area contributed by atoms with Gasteiger partial charge in [0, 0.05) is 25.6 Å². The fraction of sp³-hybridized carbons (Fsp3) is 1.00. The van der Waals surface area contributed by atoms with Crippen molar-refractivity contribution in [3.8, 4) is 0 Å². The van der Waals surface area contributed by atoms with E-state index in [0.29, 0.717) is 6.10 Å². The summed E-state index contributed by atoms with van der Waals surface area (Å²) in [5.74, 6) is 0.733. The highest BCUT2D eigenvalue weighted by Gasteiger charge is 2.16. The Kier molecular flexibility index (Phi) is 7.41. The van der Waals surface area contributed by atoms with Crippen LogP contribution < -0.4 is 0 Å². The summed E-state index contributed by atoms with van der Waals surface area (Å²) in [4.78, 5) is 2.45. The van der Waals surface area contributed by atoms with E-state index in [1.165, 1.54) is 38.6 Å². The Balaban J connectivity index is 2.21. The maximum Gasteiger partial charge on any atom is 0.0702 e. The molecule has 1 saturated heterocycles. The van der Waals surface area contributed by atoms with Crippen LogP contribution in [0.25, 0.3) is 0 Å². The smallest absolute Gasteiger partial charge is 0.0702 e. The highest BCUT2D eigenvalue weighted by Crippen LogP contribution is 2.14. The lowest BCUT2D eigenvalue weighted by Gasteiger charge is -2.29. The average Bonchev–Trinajstić information content (AvgIpc) is 2.28. The van der Waals surface area contributed by atoms with Crippen molar-refractivity contribution in [1.29, 1.82) is 0 Å². The molecule has 0 amide bonds. The topological polar surface area (TPSA) is 12.5 Å². The molecule has 15 heavy (non-hydrogen) atoms. The second-order valence-corrected chi connectivity index (χ2v) is 4.71. The normalized spacial score (nSPS) is 22.2. The molecule has 1 rings (SSSR count). The monoisotopic (exact) mass is 233 g/mol. The summed E-state index contributed by atoms with van der Waals surface area (Å²) in [7, 11) is 0. The summed E-state index contributed by atoms with van der Waals surface area (Å²) >= 11 is 5.81. The molecule has 90 valence electrons. The second-order valence-electron chi connectivity index (χ2n) is 4.33. The molecule has 0 aliphatic carbocycles. The quantitative estimate of drug-likeness (QED) is 0.627. The fourth-order valence-corrected chi connectivity index (χ4v) is 2.27. The van der Waals surface area contributed by atoms with Crippen LogP contribution in [0.3, 0.4) is 0 Å². The first-order valence-corrected chi connectivity index (χ1v) is 6.80. The van der Waals surface area contributed by atoms with Crippen molar-refractivity contribution in [2.75, 3.05) is 32.1 Å². The fourth-order valence-electron chi connectivity index (χ4n) is 2.04. The third kappa shape index (κ3) is 5.74. The van der Waals surface area contributed by atoms with Crippen LogP contribution in [-0.2, 0) is 4.74 Å². The Bertz CT molecular complexity index is 149. The largest absolute Gasteiger partial charge is 0.377 e. The van der Waals surface area contributed by atoms with E-state index >= 15 is 0 Å². The molecule has 1 atom stereocenters. The molecule has 0 aromatic carbocycles. The summed E-state index contributed by atoms with van der Waals surface area (Å²) in [6.07, 6.45) is 6.77. The number of hydrogen-bond acceptors (Lipinski definition) is 2. The second kappa shape index (κ2) is 8.37. The number of hydrogen-bond donors (Lipinski definition) is 0. The number of halogens is 1. The van der Waals surface area contributed by atoms with Crippen LogP contribution in [0.15, 0.2) is 0 Å². The van der Waals surface area contributed by atoms with Gasteiger partial charge in [-0.05, 0) is 32.2 Å². The van der Waals surface area contributed by atoms with Gasteiger partial charge in [0.2, 0.25) is 0 Å². The van der Waals surface area contributed by atoms with Crippen LogP contribution in [0.1, 0.15) is 39.0 Å². The summed E-state index contributed by atoms with van der Waals surface area (Å²) in [6, 6.07) is 0. The van der Waals surface area contributed by atoms with Gasteiger partial charge >= 0.3 is 0 Å². The zero-order valence-corrected chi connectivity index (χ0v) is 10.6. The minimum absolute atomic E-state index is 0.457. The molecule has 1 unspecified atom stereocenters. The van der Waals surface area contributed by atoms with Gasteiger partial charge in [-0.2, -0.15) is 0 Å². The maximum absolute atomic E-state index is 5.81. The van der Waals surface area contributed by atoms with Gasteiger partial charge in [0.25, 0.3) is 0 Å². The molecular weight excluding hydrogens is 210 g/mol. The van der Waals surface area contributed by atoms with Crippen molar-refractivity contribution >= 4 is 11.6 Å². The molecule has 0 bridgehead atoms. The molecule has 0 aromatic rings. The first-order valence-electron chi connectivity index (χ1n) is 6.26. The van der Waals surface area contributed by atoms with Gasteiger partial charge in [0.1, 0.15) is 0 Å². The first-order chi connectivity index (χ1) is 7.36. The van der Waals surface area contributed by atoms with E-state index in [1.54, 1.807) is 0 Å². The Morgan fingerprint density at radius 2 is 2.20 bits per heavy atom. The highest BCUT2D eigenvalue weighted by molar-refractivity contribution is 6.18. The molecule has 0 aromatic heterocycles. The SMILES string of the molecule is CCCCN(CCCl)CC1CCCCO1. The first kappa shape index (κ1) is 13.3. The van der Waals surface area contributed by atoms with Crippen molar-refractivity contribution in [1.82, 2.24) is 4.90 Å². The third-order valence-corrected chi connectivity index (χ3v) is 3.13. The number of ether oxygens (including phenoxy) is 1. The molecule has 1 heterocycles. The molecule has 0 saturated carbocycles. The number of rotatable bonds is 7. The lowest BCUT2D eigenvalue weighted by atomic mass is 10.1. The van der Waals surface area contributed by atoms with Gasteiger partial charge in [-0.3, -0.25) is 4.90 Å². The molecule has 0 radical (unpaired) electrons. The van der Waals surface area contributed by atoms with E-state index in [-0.39, 0.29) is 0 Å². The van der Waals surface area contributed by atoms with Crippen molar-refractivity contribution in [2.24, 2.45) is 0 Å². The maximum atomic E-state index is 5.81. The molecule has 1 aliphatic heterocycles. The predicted molar refractivity (Wildman–Crippen MR) is 65.7 cm³/mol. The summed E-state index contributed by atoms with van der Waals surface area (Å²) in [6.45, 7) is 6.43. The lowest BCUT2D eigenvalue weighted by Crippen LogP contribution is -2.37.